The summed E-state index contributed by atoms with van der Waals surface area (Å²) < 4.78 is 2.04. The first kappa shape index (κ1) is 12.4. The topological polar surface area (TPSA) is 20.3 Å². The number of halogens is 2. The van der Waals surface area contributed by atoms with Crippen molar-refractivity contribution in [2.75, 3.05) is 11.0 Å². The van der Waals surface area contributed by atoms with Crippen LogP contribution in [0.5, 0.6) is 0 Å². The Labute approximate surface area is 118 Å². The molecule has 1 saturated heterocycles. The van der Waals surface area contributed by atoms with Gasteiger partial charge in [0.1, 0.15) is 0 Å². The predicted octanol–water partition coefficient (Wildman–Crippen LogP) is 3.49. The fourth-order valence-corrected chi connectivity index (χ4v) is 3.20. The number of rotatable bonds is 2. The SMILES string of the molecule is O=C(c1ccc(Br)cc1)N1CCCC1CI. The molecule has 1 aromatic carbocycles. The first-order chi connectivity index (χ1) is 7.72. The van der Waals surface area contributed by atoms with Crippen LogP contribution in [0.4, 0.5) is 0 Å². The molecular weight excluding hydrogens is 381 g/mol. The highest BCUT2D eigenvalue weighted by molar-refractivity contribution is 14.1. The van der Waals surface area contributed by atoms with Gasteiger partial charge in [-0.2, -0.15) is 0 Å². The summed E-state index contributed by atoms with van der Waals surface area (Å²) in [6, 6.07) is 8.03. The molecule has 1 aliphatic heterocycles. The molecule has 2 rings (SSSR count). The minimum absolute atomic E-state index is 0.173. The van der Waals surface area contributed by atoms with E-state index in [9.17, 15) is 4.79 Å². The molecule has 1 fully saturated rings. The molecule has 1 atom stereocenters. The minimum atomic E-state index is 0.173. The fraction of sp³-hybridized carbons (Fsp3) is 0.417. The van der Waals surface area contributed by atoms with Gasteiger partial charge in [-0.1, -0.05) is 38.5 Å². The van der Waals surface area contributed by atoms with Gasteiger partial charge in [-0.25, -0.2) is 0 Å². The van der Waals surface area contributed by atoms with E-state index < -0.39 is 0 Å². The molecule has 1 aromatic rings. The van der Waals surface area contributed by atoms with Crippen molar-refractivity contribution in [2.24, 2.45) is 0 Å². The quantitative estimate of drug-likeness (QED) is 0.556. The third kappa shape index (κ3) is 2.59. The number of nitrogens with zero attached hydrogens (tertiary/aromatic N) is 1. The summed E-state index contributed by atoms with van der Waals surface area (Å²) in [6.07, 6.45) is 2.28. The number of carbonyl (C=O) groups is 1. The Hall–Kier alpha value is -0.100. The standard InChI is InChI=1S/C12H13BrINO/c13-10-5-3-9(4-6-10)12(16)15-7-1-2-11(15)8-14/h3-6,11H,1-2,7-8H2. The van der Waals surface area contributed by atoms with Crippen LogP contribution >= 0.6 is 38.5 Å². The summed E-state index contributed by atoms with van der Waals surface area (Å²) in [4.78, 5) is 14.2. The Morgan fingerprint density at radius 3 is 2.75 bits per heavy atom. The third-order valence-electron chi connectivity index (χ3n) is 2.91. The molecule has 0 aromatic heterocycles. The maximum absolute atomic E-state index is 12.2. The van der Waals surface area contributed by atoms with Crippen LogP contribution in [0.3, 0.4) is 0 Å². The van der Waals surface area contributed by atoms with Crippen molar-refractivity contribution >= 4 is 44.4 Å². The lowest BCUT2D eigenvalue weighted by Crippen LogP contribution is -2.36. The number of benzene rings is 1. The summed E-state index contributed by atoms with van der Waals surface area (Å²) in [6.45, 7) is 0.905. The molecule has 1 amide bonds. The van der Waals surface area contributed by atoms with Crippen molar-refractivity contribution in [3.05, 3.63) is 34.3 Å². The Bertz CT molecular complexity index is 379. The molecule has 0 bridgehead atoms. The molecule has 1 aliphatic rings. The van der Waals surface area contributed by atoms with E-state index >= 15 is 0 Å². The van der Waals surface area contributed by atoms with E-state index in [0.29, 0.717) is 6.04 Å². The molecule has 0 aliphatic carbocycles. The Morgan fingerprint density at radius 2 is 2.12 bits per heavy atom. The monoisotopic (exact) mass is 393 g/mol. The van der Waals surface area contributed by atoms with E-state index in [-0.39, 0.29) is 5.91 Å². The van der Waals surface area contributed by atoms with E-state index in [2.05, 4.69) is 38.5 Å². The summed E-state index contributed by atoms with van der Waals surface area (Å²) in [5.74, 6) is 0.173. The molecule has 4 heteroatoms. The van der Waals surface area contributed by atoms with Gasteiger partial charge in [-0.05, 0) is 37.1 Å². The molecular formula is C12H13BrINO. The van der Waals surface area contributed by atoms with Gasteiger partial charge in [0.2, 0.25) is 0 Å². The van der Waals surface area contributed by atoms with Gasteiger partial charge < -0.3 is 4.90 Å². The number of likely N-dealkylation sites (tertiary alicyclic amines) is 1. The van der Waals surface area contributed by atoms with Crippen LogP contribution in [-0.2, 0) is 0 Å². The zero-order chi connectivity index (χ0) is 11.5. The van der Waals surface area contributed by atoms with Gasteiger partial charge in [-0.15, -0.1) is 0 Å². The van der Waals surface area contributed by atoms with Crippen LogP contribution < -0.4 is 0 Å². The molecule has 86 valence electrons. The summed E-state index contributed by atoms with van der Waals surface area (Å²) in [7, 11) is 0. The molecule has 1 unspecified atom stereocenters. The van der Waals surface area contributed by atoms with Crippen molar-refractivity contribution in [3.63, 3.8) is 0 Å². The average molecular weight is 394 g/mol. The molecule has 2 nitrogen and oxygen atoms in total. The predicted molar refractivity (Wildman–Crippen MR) is 77.1 cm³/mol. The van der Waals surface area contributed by atoms with E-state index in [1.165, 1.54) is 0 Å². The zero-order valence-corrected chi connectivity index (χ0v) is 12.6. The lowest BCUT2D eigenvalue weighted by atomic mass is 10.2. The lowest BCUT2D eigenvalue weighted by molar-refractivity contribution is 0.0751. The number of amides is 1. The molecule has 0 saturated carbocycles. The van der Waals surface area contributed by atoms with Gasteiger partial charge >= 0.3 is 0 Å². The molecule has 0 spiro atoms. The Morgan fingerprint density at radius 1 is 1.44 bits per heavy atom. The average Bonchev–Trinajstić information content (AvgIpc) is 2.77. The summed E-state index contributed by atoms with van der Waals surface area (Å²) in [5, 5.41) is 0. The molecule has 1 heterocycles. The highest BCUT2D eigenvalue weighted by Gasteiger charge is 2.28. The second-order valence-electron chi connectivity index (χ2n) is 3.96. The normalized spacial score (nSPS) is 20.1. The Balaban J connectivity index is 2.15. The van der Waals surface area contributed by atoms with Crippen molar-refractivity contribution in [2.45, 2.75) is 18.9 Å². The first-order valence-electron chi connectivity index (χ1n) is 5.35. The smallest absolute Gasteiger partial charge is 0.254 e. The molecule has 0 radical (unpaired) electrons. The largest absolute Gasteiger partial charge is 0.335 e. The zero-order valence-electron chi connectivity index (χ0n) is 8.83. The highest BCUT2D eigenvalue weighted by atomic mass is 127. The maximum atomic E-state index is 12.2. The van der Waals surface area contributed by atoms with Crippen molar-refractivity contribution in [3.8, 4) is 0 Å². The number of hydrogen-bond donors (Lipinski definition) is 0. The first-order valence-corrected chi connectivity index (χ1v) is 7.66. The van der Waals surface area contributed by atoms with Crippen LogP contribution in [-0.4, -0.2) is 27.8 Å². The highest BCUT2D eigenvalue weighted by Crippen LogP contribution is 2.22. The second-order valence-corrected chi connectivity index (χ2v) is 5.75. The van der Waals surface area contributed by atoms with E-state index in [0.717, 1.165) is 33.9 Å². The minimum Gasteiger partial charge on any atom is -0.335 e. The van der Waals surface area contributed by atoms with Crippen LogP contribution in [0.25, 0.3) is 0 Å². The van der Waals surface area contributed by atoms with Gasteiger partial charge in [0, 0.05) is 27.1 Å². The lowest BCUT2D eigenvalue weighted by Gasteiger charge is -2.23. The van der Waals surface area contributed by atoms with E-state index in [4.69, 9.17) is 0 Å². The van der Waals surface area contributed by atoms with Gasteiger partial charge in [0.05, 0.1) is 0 Å². The van der Waals surface area contributed by atoms with Crippen LogP contribution in [0, 0.1) is 0 Å². The molecule has 16 heavy (non-hydrogen) atoms. The van der Waals surface area contributed by atoms with Crippen molar-refractivity contribution in [1.82, 2.24) is 4.90 Å². The third-order valence-corrected chi connectivity index (χ3v) is 4.45. The molecule has 0 N–H and O–H groups in total. The van der Waals surface area contributed by atoms with E-state index in [1.54, 1.807) is 0 Å². The second kappa shape index (κ2) is 5.49. The fourth-order valence-electron chi connectivity index (χ4n) is 2.02. The Kier molecular flexibility index (Phi) is 4.24. The number of carbonyl (C=O) groups excluding carboxylic acids is 1. The van der Waals surface area contributed by atoms with Crippen molar-refractivity contribution < 1.29 is 4.79 Å². The maximum Gasteiger partial charge on any atom is 0.254 e. The van der Waals surface area contributed by atoms with Crippen LogP contribution in [0.2, 0.25) is 0 Å². The van der Waals surface area contributed by atoms with Crippen molar-refractivity contribution in [1.29, 1.82) is 0 Å². The van der Waals surface area contributed by atoms with Crippen LogP contribution in [0.1, 0.15) is 23.2 Å². The van der Waals surface area contributed by atoms with E-state index in [1.807, 2.05) is 29.2 Å². The number of alkyl halides is 1. The van der Waals surface area contributed by atoms with Gasteiger partial charge in [-0.3, -0.25) is 4.79 Å². The number of hydrogen-bond acceptors (Lipinski definition) is 1. The summed E-state index contributed by atoms with van der Waals surface area (Å²) in [5.41, 5.74) is 0.792. The van der Waals surface area contributed by atoms with Gasteiger partial charge in [0.25, 0.3) is 5.91 Å². The van der Waals surface area contributed by atoms with Gasteiger partial charge in [0.15, 0.2) is 0 Å². The van der Waals surface area contributed by atoms with Crippen LogP contribution in [0.15, 0.2) is 28.7 Å². The summed E-state index contributed by atoms with van der Waals surface area (Å²) >= 11 is 5.74.